The fraction of sp³-hybridized carbons (Fsp3) is 0.357. The molecule has 2 aromatic carbocycles. The number of carbonyl (C=O) groups is 2. The topological polar surface area (TPSA) is 48.8 Å². The summed E-state index contributed by atoms with van der Waals surface area (Å²) in [7, 11) is 4.18. The van der Waals surface area contributed by atoms with Gasteiger partial charge in [0.1, 0.15) is 0 Å². The molecule has 2 heterocycles. The Balaban J connectivity index is 1.49. The van der Waals surface area contributed by atoms with Crippen LogP contribution in [0.4, 0.5) is 0 Å². The number of aromatic nitrogens is 1. The fourth-order valence-corrected chi connectivity index (χ4v) is 5.84. The van der Waals surface area contributed by atoms with Crippen LogP contribution in [0.2, 0.25) is 5.02 Å². The summed E-state index contributed by atoms with van der Waals surface area (Å²) in [6.45, 7) is 7.79. The minimum absolute atomic E-state index is 0.0479. The molecular formula is C28H33ClN4O2S. The second-order valence-electron chi connectivity index (χ2n) is 9.29. The van der Waals surface area contributed by atoms with E-state index >= 15 is 0 Å². The lowest BCUT2D eigenvalue weighted by molar-refractivity contribution is -0.135. The van der Waals surface area contributed by atoms with Gasteiger partial charge in [0.05, 0.1) is 10.5 Å². The van der Waals surface area contributed by atoms with Crippen molar-refractivity contribution < 1.29 is 9.59 Å². The van der Waals surface area contributed by atoms with Gasteiger partial charge in [0.15, 0.2) is 0 Å². The lowest BCUT2D eigenvalue weighted by Gasteiger charge is -2.33. The van der Waals surface area contributed by atoms with Gasteiger partial charge in [-0.3, -0.25) is 9.59 Å². The highest BCUT2D eigenvalue weighted by molar-refractivity contribution is 7.99. The molecule has 1 fully saturated rings. The van der Waals surface area contributed by atoms with E-state index in [0.29, 0.717) is 31.2 Å². The third-order valence-corrected chi connectivity index (χ3v) is 7.95. The molecule has 0 aliphatic carbocycles. The molecule has 6 nitrogen and oxygen atoms in total. The van der Waals surface area contributed by atoms with E-state index in [0.717, 1.165) is 23.5 Å². The molecule has 1 aromatic heterocycles. The van der Waals surface area contributed by atoms with Gasteiger partial charge in [0, 0.05) is 73.6 Å². The van der Waals surface area contributed by atoms with Crippen LogP contribution in [0.25, 0.3) is 17.0 Å². The molecule has 1 saturated heterocycles. The summed E-state index contributed by atoms with van der Waals surface area (Å²) in [5.74, 6) is 0.00618. The molecule has 0 atom stereocenters. The number of hydrogen-bond donors (Lipinski definition) is 0. The van der Waals surface area contributed by atoms with Crippen molar-refractivity contribution in [2.45, 2.75) is 36.7 Å². The Bertz CT molecular complexity index is 1290. The van der Waals surface area contributed by atoms with Crippen LogP contribution in [-0.4, -0.2) is 71.4 Å². The maximum Gasteiger partial charge on any atom is 0.246 e. The molecule has 0 bridgehead atoms. The molecule has 4 rings (SSSR count). The highest BCUT2D eigenvalue weighted by Gasteiger charge is 2.21. The van der Waals surface area contributed by atoms with E-state index in [1.54, 1.807) is 40.6 Å². The van der Waals surface area contributed by atoms with Gasteiger partial charge in [-0.2, -0.15) is 0 Å². The smallest absolute Gasteiger partial charge is 0.246 e. The number of fused-ring (bicyclic) bond motifs is 1. The number of para-hydroxylation sites is 1. The van der Waals surface area contributed by atoms with Crippen LogP contribution < -0.4 is 0 Å². The Kier molecular flexibility index (Phi) is 8.44. The molecule has 0 N–H and O–H groups in total. The van der Waals surface area contributed by atoms with Crippen LogP contribution in [0.5, 0.6) is 0 Å². The number of halogens is 1. The Morgan fingerprint density at radius 3 is 2.42 bits per heavy atom. The zero-order chi connectivity index (χ0) is 25.8. The Labute approximate surface area is 222 Å². The summed E-state index contributed by atoms with van der Waals surface area (Å²) in [5, 5.41) is 1.93. The van der Waals surface area contributed by atoms with Gasteiger partial charge in [0.2, 0.25) is 11.8 Å². The SMILES string of the molecule is CCn1cc(CN(C)C)c2cccc(Sc3ccc(C=CC(=O)N4CCN(C(C)=O)CC4)cc3Cl)c21. The molecule has 0 spiro atoms. The van der Waals surface area contributed by atoms with Crippen LogP contribution in [0.15, 0.2) is 58.5 Å². The maximum absolute atomic E-state index is 12.6. The lowest BCUT2D eigenvalue weighted by atomic mass is 10.1. The predicted octanol–water partition coefficient (Wildman–Crippen LogP) is 5.23. The van der Waals surface area contributed by atoms with Crippen LogP contribution in [0.1, 0.15) is 25.0 Å². The van der Waals surface area contributed by atoms with Gasteiger partial charge in [0.25, 0.3) is 0 Å². The molecule has 8 heteroatoms. The first-order valence-corrected chi connectivity index (χ1v) is 13.4. The molecule has 1 aliphatic heterocycles. The first kappa shape index (κ1) is 26.3. The summed E-state index contributed by atoms with van der Waals surface area (Å²) >= 11 is 8.35. The number of amides is 2. The number of hydrogen-bond acceptors (Lipinski definition) is 4. The van der Waals surface area contributed by atoms with Crippen LogP contribution in [0.3, 0.4) is 0 Å². The van der Waals surface area contributed by atoms with Crippen LogP contribution in [0, 0.1) is 0 Å². The molecule has 2 amide bonds. The summed E-state index contributed by atoms with van der Waals surface area (Å²) in [5.41, 5.74) is 3.43. The first-order valence-electron chi connectivity index (χ1n) is 12.2. The van der Waals surface area contributed by atoms with Crippen LogP contribution in [-0.2, 0) is 22.7 Å². The quantitative estimate of drug-likeness (QED) is 0.397. The van der Waals surface area contributed by atoms with Crippen molar-refractivity contribution in [3.63, 3.8) is 0 Å². The van der Waals surface area contributed by atoms with Crippen molar-refractivity contribution in [3.8, 4) is 0 Å². The van der Waals surface area contributed by atoms with Gasteiger partial charge in [-0.15, -0.1) is 0 Å². The number of carbonyl (C=O) groups excluding carboxylic acids is 2. The van der Waals surface area contributed by atoms with Gasteiger partial charge in [-0.1, -0.05) is 41.6 Å². The van der Waals surface area contributed by atoms with E-state index in [-0.39, 0.29) is 11.8 Å². The Morgan fingerprint density at radius 2 is 1.78 bits per heavy atom. The second-order valence-corrected chi connectivity index (χ2v) is 10.8. The highest BCUT2D eigenvalue weighted by Crippen LogP contribution is 2.39. The van der Waals surface area contributed by atoms with E-state index in [2.05, 4.69) is 54.9 Å². The van der Waals surface area contributed by atoms with Gasteiger partial charge in [-0.05, 0) is 56.4 Å². The summed E-state index contributed by atoms with van der Waals surface area (Å²) in [6.07, 6.45) is 5.64. The lowest BCUT2D eigenvalue weighted by Crippen LogP contribution is -2.49. The van der Waals surface area contributed by atoms with E-state index in [1.165, 1.54) is 21.4 Å². The Morgan fingerprint density at radius 1 is 1.06 bits per heavy atom. The zero-order valence-corrected chi connectivity index (χ0v) is 22.9. The van der Waals surface area contributed by atoms with Crippen molar-refractivity contribution in [3.05, 3.63) is 64.8 Å². The molecule has 36 heavy (non-hydrogen) atoms. The van der Waals surface area contributed by atoms with Gasteiger partial charge in [-0.25, -0.2) is 0 Å². The van der Waals surface area contributed by atoms with E-state index < -0.39 is 0 Å². The minimum atomic E-state index is -0.0479. The third kappa shape index (κ3) is 5.97. The maximum atomic E-state index is 12.6. The van der Waals surface area contributed by atoms with E-state index in [1.807, 2.05) is 18.2 Å². The third-order valence-electron chi connectivity index (χ3n) is 6.40. The summed E-state index contributed by atoms with van der Waals surface area (Å²) < 4.78 is 2.31. The number of benzene rings is 2. The minimum Gasteiger partial charge on any atom is -0.347 e. The normalized spacial score (nSPS) is 14.4. The largest absolute Gasteiger partial charge is 0.347 e. The Hall–Kier alpha value is -2.74. The number of nitrogens with zero attached hydrogens (tertiary/aromatic N) is 4. The average molecular weight is 525 g/mol. The van der Waals surface area contributed by atoms with Crippen molar-refractivity contribution in [2.24, 2.45) is 0 Å². The van der Waals surface area contributed by atoms with Crippen LogP contribution >= 0.6 is 23.4 Å². The second kappa shape index (κ2) is 11.5. The monoisotopic (exact) mass is 524 g/mol. The molecule has 0 radical (unpaired) electrons. The average Bonchev–Trinajstić information content (AvgIpc) is 3.21. The van der Waals surface area contributed by atoms with E-state index in [4.69, 9.17) is 11.6 Å². The number of aryl methyl sites for hydroxylation is 1. The molecule has 190 valence electrons. The molecular weight excluding hydrogens is 492 g/mol. The van der Waals surface area contributed by atoms with Gasteiger partial charge >= 0.3 is 0 Å². The predicted molar refractivity (Wildman–Crippen MR) is 148 cm³/mol. The summed E-state index contributed by atoms with van der Waals surface area (Å²) in [4.78, 5) is 32.0. The van der Waals surface area contributed by atoms with Crippen molar-refractivity contribution in [1.29, 1.82) is 0 Å². The molecule has 0 saturated carbocycles. The zero-order valence-electron chi connectivity index (χ0n) is 21.3. The van der Waals surface area contributed by atoms with Gasteiger partial charge < -0.3 is 19.3 Å². The summed E-state index contributed by atoms with van der Waals surface area (Å²) in [6, 6.07) is 12.3. The first-order chi connectivity index (χ1) is 17.3. The molecule has 3 aromatic rings. The highest BCUT2D eigenvalue weighted by atomic mass is 35.5. The fourth-order valence-electron chi connectivity index (χ4n) is 4.53. The van der Waals surface area contributed by atoms with Crippen molar-refractivity contribution in [1.82, 2.24) is 19.3 Å². The standard InChI is InChI=1S/C28H33ClN4O2S/c1-5-31-19-22(18-30(3)4)23-7-6-8-26(28(23)31)36-25-11-9-21(17-24(25)29)10-12-27(35)33-15-13-32(14-16-33)20(2)34/h6-12,17,19H,5,13-16,18H2,1-4H3. The van der Waals surface area contributed by atoms with Crippen molar-refractivity contribution in [2.75, 3.05) is 40.3 Å². The number of piperazine rings is 1. The van der Waals surface area contributed by atoms with E-state index in [9.17, 15) is 9.59 Å². The molecule has 1 aliphatic rings. The molecule has 0 unspecified atom stereocenters. The number of rotatable bonds is 7. The van der Waals surface area contributed by atoms with Crippen molar-refractivity contribution >= 4 is 52.2 Å².